The second kappa shape index (κ2) is 8.97. The van der Waals surface area contributed by atoms with Crippen molar-refractivity contribution >= 4 is 34.7 Å². The third kappa shape index (κ3) is 5.62. The first-order chi connectivity index (χ1) is 13.9. The van der Waals surface area contributed by atoms with Gasteiger partial charge in [0.2, 0.25) is 5.91 Å². The van der Waals surface area contributed by atoms with Gasteiger partial charge in [0.25, 0.3) is 5.91 Å². The third-order valence-corrected chi connectivity index (χ3v) is 4.17. The number of amides is 2. The zero-order chi connectivity index (χ0) is 20.8. The van der Waals surface area contributed by atoms with E-state index in [4.69, 9.17) is 0 Å². The first-order valence-electron chi connectivity index (χ1n) is 9.33. The van der Waals surface area contributed by atoms with E-state index in [1.807, 2.05) is 12.1 Å². The Morgan fingerprint density at radius 3 is 2.03 bits per heavy atom. The summed E-state index contributed by atoms with van der Waals surface area (Å²) in [6.07, 6.45) is 0.975. The molecule has 7 nitrogen and oxygen atoms in total. The maximum atomic E-state index is 12.6. The van der Waals surface area contributed by atoms with Crippen LogP contribution in [-0.2, 0) is 11.2 Å². The molecule has 1 aromatic heterocycles. The van der Waals surface area contributed by atoms with Crippen molar-refractivity contribution in [2.45, 2.75) is 27.2 Å². The number of nitrogens with one attached hydrogen (secondary N) is 3. The lowest BCUT2D eigenvalue weighted by atomic mass is 10.1. The molecule has 7 heteroatoms. The molecule has 2 aromatic carbocycles. The van der Waals surface area contributed by atoms with Crippen molar-refractivity contribution in [1.29, 1.82) is 0 Å². The van der Waals surface area contributed by atoms with Crippen LogP contribution in [0.1, 0.15) is 35.7 Å². The molecule has 0 saturated carbocycles. The summed E-state index contributed by atoms with van der Waals surface area (Å²) in [5, 5.41) is 8.69. The number of hydrogen-bond donors (Lipinski definition) is 3. The SMILES string of the molecule is CCc1ccc(Nc2cc(C(=O)Nc3ccc(NC(C)=O)cc3)nc(C)n2)cc1. The van der Waals surface area contributed by atoms with Crippen LogP contribution in [0.2, 0.25) is 0 Å². The Bertz CT molecular complexity index is 1010. The summed E-state index contributed by atoms with van der Waals surface area (Å²) in [6, 6.07) is 16.5. The quantitative estimate of drug-likeness (QED) is 0.584. The molecule has 0 aliphatic rings. The second-order valence-corrected chi connectivity index (χ2v) is 6.57. The minimum absolute atomic E-state index is 0.150. The number of anilines is 4. The van der Waals surface area contributed by atoms with E-state index in [-0.39, 0.29) is 17.5 Å². The highest BCUT2D eigenvalue weighted by atomic mass is 16.2. The number of hydrogen-bond acceptors (Lipinski definition) is 5. The maximum Gasteiger partial charge on any atom is 0.274 e. The van der Waals surface area contributed by atoms with Gasteiger partial charge >= 0.3 is 0 Å². The molecule has 0 aliphatic carbocycles. The Balaban J connectivity index is 1.72. The zero-order valence-electron chi connectivity index (χ0n) is 16.6. The Morgan fingerprint density at radius 2 is 1.45 bits per heavy atom. The molecule has 1 heterocycles. The van der Waals surface area contributed by atoms with Gasteiger partial charge in [-0.15, -0.1) is 0 Å². The molecular weight excluding hydrogens is 366 g/mol. The van der Waals surface area contributed by atoms with Gasteiger partial charge in [-0.25, -0.2) is 9.97 Å². The Kier molecular flexibility index (Phi) is 6.19. The minimum Gasteiger partial charge on any atom is -0.340 e. The predicted octanol–water partition coefficient (Wildman–Crippen LogP) is 4.30. The Labute approximate surface area is 169 Å². The number of nitrogens with zero attached hydrogens (tertiary/aromatic N) is 2. The van der Waals surface area contributed by atoms with Gasteiger partial charge in [-0.1, -0.05) is 19.1 Å². The van der Waals surface area contributed by atoms with Gasteiger partial charge in [-0.3, -0.25) is 9.59 Å². The van der Waals surface area contributed by atoms with E-state index in [0.29, 0.717) is 23.0 Å². The third-order valence-electron chi connectivity index (χ3n) is 4.17. The van der Waals surface area contributed by atoms with Crippen LogP contribution in [0.15, 0.2) is 54.6 Å². The van der Waals surface area contributed by atoms with Gasteiger partial charge in [-0.2, -0.15) is 0 Å². The van der Waals surface area contributed by atoms with Crippen molar-refractivity contribution in [1.82, 2.24) is 9.97 Å². The van der Waals surface area contributed by atoms with Crippen molar-refractivity contribution < 1.29 is 9.59 Å². The van der Waals surface area contributed by atoms with Gasteiger partial charge in [-0.05, 0) is 55.3 Å². The molecule has 0 saturated heterocycles. The van der Waals surface area contributed by atoms with E-state index in [1.54, 1.807) is 37.3 Å². The van der Waals surface area contributed by atoms with E-state index in [1.165, 1.54) is 12.5 Å². The summed E-state index contributed by atoms with van der Waals surface area (Å²) in [7, 11) is 0. The number of aryl methyl sites for hydroxylation is 2. The first kappa shape index (κ1) is 20.0. The molecule has 3 N–H and O–H groups in total. The number of rotatable bonds is 6. The average molecular weight is 389 g/mol. The van der Waals surface area contributed by atoms with Gasteiger partial charge in [0.1, 0.15) is 17.3 Å². The fourth-order valence-electron chi connectivity index (χ4n) is 2.75. The second-order valence-electron chi connectivity index (χ2n) is 6.57. The molecule has 3 rings (SSSR count). The molecule has 0 unspecified atom stereocenters. The van der Waals surface area contributed by atoms with Crippen LogP contribution in [0.5, 0.6) is 0 Å². The zero-order valence-corrected chi connectivity index (χ0v) is 16.6. The lowest BCUT2D eigenvalue weighted by molar-refractivity contribution is -0.114. The van der Waals surface area contributed by atoms with Crippen LogP contribution in [0.4, 0.5) is 22.9 Å². The summed E-state index contributed by atoms with van der Waals surface area (Å²) in [5.74, 6) is 0.550. The first-order valence-corrected chi connectivity index (χ1v) is 9.33. The molecule has 0 spiro atoms. The van der Waals surface area contributed by atoms with Crippen LogP contribution in [0.3, 0.4) is 0 Å². The fraction of sp³-hybridized carbons (Fsp3) is 0.182. The molecule has 0 radical (unpaired) electrons. The Hall–Kier alpha value is -3.74. The number of benzene rings is 2. The van der Waals surface area contributed by atoms with E-state index in [9.17, 15) is 9.59 Å². The molecule has 0 aliphatic heterocycles. The van der Waals surface area contributed by atoms with Crippen LogP contribution in [0.25, 0.3) is 0 Å². The highest BCUT2D eigenvalue weighted by Crippen LogP contribution is 2.18. The van der Waals surface area contributed by atoms with E-state index >= 15 is 0 Å². The summed E-state index contributed by atoms with van der Waals surface area (Å²) < 4.78 is 0. The highest BCUT2D eigenvalue weighted by Gasteiger charge is 2.11. The van der Waals surface area contributed by atoms with Gasteiger partial charge < -0.3 is 16.0 Å². The van der Waals surface area contributed by atoms with E-state index in [2.05, 4.69) is 45.0 Å². The summed E-state index contributed by atoms with van der Waals surface area (Å²) in [6.45, 7) is 5.29. The van der Waals surface area contributed by atoms with Crippen LogP contribution < -0.4 is 16.0 Å². The molecule has 148 valence electrons. The molecule has 0 fully saturated rings. The monoisotopic (exact) mass is 389 g/mol. The number of carbonyl (C=O) groups excluding carboxylic acids is 2. The number of carbonyl (C=O) groups is 2. The molecule has 0 bridgehead atoms. The van der Waals surface area contributed by atoms with E-state index < -0.39 is 0 Å². The summed E-state index contributed by atoms with van der Waals surface area (Å²) in [5.41, 5.74) is 3.66. The molecule has 2 amide bonds. The largest absolute Gasteiger partial charge is 0.340 e. The van der Waals surface area contributed by atoms with Crippen molar-refractivity contribution in [3.05, 3.63) is 71.7 Å². The van der Waals surface area contributed by atoms with Crippen LogP contribution >= 0.6 is 0 Å². The van der Waals surface area contributed by atoms with Crippen LogP contribution in [-0.4, -0.2) is 21.8 Å². The molecule has 3 aromatic rings. The lowest BCUT2D eigenvalue weighted by Gasteiger charge is -2.10. The minimum atomic E-state index is -0.341. The van der Waals surface area contributed by atoms with Crippen molar-refractivity contribution in [2.75, 3.05) is 16.0 Å². The summed E-state index contributed by atoms with van der Waals surface area (Å²) >= 11 is 0. The van der Waals surface area contributed by atoms with Gasteiger partial charge in [0.15, 0.2) is 0 Å². The normalized spacial score (nSPS) is 10.3. The van der Waals surface area contributed by atoms with Crippen molar-refractivity contribution in [3.63, 3.8) is 0 Å². The van der Waals surface area contributed by atoms with Crippen LogP contribution in [0, 0.1) is 6.92 Å². The topological polar surface area (TPSA) is 96.0 Å². The highest BCUT2D eigenvalue weighted by molar-refractivity contribution is 6.03. The standard InChI is InChI=1S/C22H23N5O2/c1-4-16-5-7-18(8-6-16)26-21-13-20(23-14(2)24-21)22(29)27-19-11-9-17(10-12-19)25-15(3)28/h5-13H,4H2,1-3H3,(H,25,28)(H,27,29)(H,23,24,26). The fourth-order valence-corrected chi connectivity index (χ4v) is 2.75. The average Bonchev–Trinajstić information content (AvgIpc) is 2.69. The maximum absolute atomic E-state index is 12.6. The summed E-state index contributed by atoms with van der Waals surface area (Å²) in [4.78, 5) is 32.3. The van der Waals surface area contributed by atoms with Gasteiger partial charge in [0, 0.05) is 30.1 Å². The smallest absolute Gasteiger partial charge is 0.274 e. The molecule has 29 heavy (non-hydrogen) atoms. The van der Waals surface area contributed by atoms with Crippen molar-refractivity contribution in [2.24, 2.45) is 0 Å². The molecule has 0 atom stereocenters. The predicted molar refractivity (Wildman–Crippen MR) is 115 cm³/mol. The lowest BCUT2D eigenvalue weighted by Crippen LogP contribution is -2.15. The van der Waals surface area contributed by atoms with Crippen molar-refractivity contribution in [3.8, 4) is 0 Å². The Morgan fingerprint density at radius 1 is 0.862 bits per heavy atom. The van der Waals surface area contributed by atoms with Gasteiger partial charge in [0.05, 0.1) is 0 Å². The van der Waals surface area contributed by atoms with E-state index in [0.717, 1.165) is 12.1 Å². The molecular formula is C22H23N5O2. The number of aromatic nitrogens is 2.